The van der Waals surface area contributed by atoms with Crippen molar-refractivity contribution in [3.8, 4) is 0 Å². The molecule has 0 aromatic carbocycles. The fourth-order valence-electron chi connectivity index (χ4n) is 1.76. The zero-order valence-electron chi connectivity index (χ0n) is 9.84. The van der Waals surface area contributed by atoms with Crippen molar-refractivity contribution in [1.82, 2.24) is 10.2 Å². The highest BCUT2D eigenvalue weighted by molar-refractivity contribution is 4.81. The van der Waals surface area contributed by atoms with E-state index in [9.17, 15) is 0 Å². The van der Waals surface area contributed by atoms with E-state index in [1.807, 2.05) is 0 Å². The van der Waals surface area contributed by atoms with E-state index in [1.165, 1.54) is 25.9 Å². The Bertz CT molecular complexity index is 160. The van der Waals surface area contributed by atoms with Gasteiger partial charge in [-0.2, -0.15) is 0 Å². The summed E-state index contributed by atoms with van der Waals surface area (Å²) in [5.74, 6) is 0.844. The molecule has 1 saturated heterocycles. The number of piperidine rings is 1. The lowest BCUT2D eigenvalue weighted by Crippen LogP contribution is -2.48. The number of nitrogens with zero attached hydrogens (tertiary/aromatic N) is 1. The topological polar surface area (TPSA) is 41.3 Å². The van der Waals surface area contributed by atoms with Crippen LogP contribution in [0.1, 0.15) is 26.7 Å². The van der Waals surface area contributed by atoms with Crippen LogP contribution in [0.5, 0.6) is 0 Å². The van der Waals surface area contributed by atoms with Crippen molar-refractivity contribution in [2.45, 2.75) is 32.2 Å². The lowest BCUT2D eigenvalue weighted by molar-refractivity contribution is 0.206. The van der Waals surface area contributed by atoms with E-state index in [0.717, 1.165) is 12.5 Å². The largest absolute Gasteiger partial charge is 0.329 e. The second-order valence-corrected chi connectivity index (χ2v) is 5.22. The van der Waals surface area contributed by atoms with Gasteiger partial charge in [0.1, 0.15) is 0 Å². The fourth-order valence-corrected chi connectivity index (χ4v) is 1.76. The van der Waals surface area contributed by atoms with E-state index >= 15 is 0 Å². The first kappa shape index (κ1) is 12.0. The maximum absolute atomic E-state index is 5.67. The van der Waals surface area contributed by atoms with Gasteiger partial charge in [-0.05, 0) is 59.3 Å². The van der Waals surface area contributed by atoms with Crippen LogP contribution in [0.25, 0.3) is 0 Å². The summed E-state index contributed by atoms with van der Waals surface area (Å²) in [5.41, 5.74) is 5.77. The summed E-state index contributed by atoms with van der Waals surface area (Å²) in [5, 5.41) is 3.55. The van der Waals surface area contributed by atoms with Crippen LogP contribution in [0.3, 0.4) is 0 Å². The van der Waals surface area contributed by atoms with Gasteiger partial charge >= 0.3 is 0 Å². The molecule has 3 nitrogen and oxygen atoms in total. The van der Waals surface area contributed by atoms with E-state index in [-0.39, 0.29) is 5.54 Å². The molecule has 0 spiro atoms. The summed E-state index contributed by atoms with van der Waals surface area (Å²) in [4.78, 5) is 2.41. The zero-order chi connectivity index (χ0) is 10.6. The van der Waals surface area contributed by atoms with Crippen LogP contribution >= 0.6 is 0 Å². The van der Waals surface area contributed by atoms with E-state index in [1.54, 1.807) is 0 Å². The van der Waals surface area contributed by atoms with Gasteiger partial charge in [0, 0.05) is 12.1 Å². The van der Waals surface area contributed by atoms with Crippen LogP contribution in [0.2, 0.25) is 0 Å². The molecule has 0 saturated carbocycles. The number of rotatable bonds is 4. The van der Waals surface area contributed by atoms with Crippen LogP contribution in [0.15, 0.2) is 0 Å². The fraction of sp³-hybridized carbons (Fsp3) is 1.00. The zero-order valence-corrected chi connectivity index (χ0v) is 9.84. The minimum atomic E-state index is 0.101. The number of nitrogens with one attached hydrogen (secondary N) is 1. The van der Waals surface area contributed by atoms with Gasteiger partial charge in [0.25, 0.3) is 0 Å². The van der Waals surface area contributed by atoms with E-state index in [0.29, 0.717) is 6.54 Å². The van der Waals surface area contributed by atoms with E-state index < -0.39 is 0 Å². The molecule has 0 radical (unpaired) electrons. The van der Waals surface area contributed by atoms with Gasteiger partial charge in [-0.15, -0.1) is 0 Å². The Balaban J connectivity index is 2.19. The lowest BCUT2D eigenvalue weighted by Gasteiger charge is -2.32. The minimum Gasteiger partial charge on any atom is -0.329 e. The number of likely N-dealkylation sites (tertiary alicyclic amines) is 1. The highest BCUT2D eigenvalue weighted by atomic mass is 15.1. The van der Waals surface area contributed by atoms with Gasteiger partial charge in [-0.25, -0.2) is 0 Å². The molecule has 0 unspecified atom stereocenters. The highest BCUT2D eigenvalue weighted by Crippen LogP contribution is 2.15. The average Bonchev–Trinajstić information content (AvgIpc) is 2.17. The van der Waals surface area contributed by atoms with Crippen molar-refractivity contribution in [3.05, 3.63) is 0 Å². The molecule has 1 heterocycles. The van der Waals surface area contributed by atoms with Crippen LogP contribution < -0.4 is 11.1 Å². The van der Waals surface area contributed by atoms with Crippen LogP contribution in [0, 0.1) is 5.92 Å². The van der Waals surface area contributed by atoms with Crippen molar-refractivity contribution in [2.24, 2.45) is 11.7 Å². The Morgan fingerprint density at radius 1 is 1.36 bits per heavy atom. The Hall–Kier alpha value is -0.120. The molecule has 0 atom stereocenters. The van der Waals surface area contributed by atoms with Gasteiger partial charge in [0.15, 0.2) is 0 Å². The van der Waals surface area contributed by atoms with Crippen LogP contribution in [-0.4, -0.2) is 43.7 Å². The first-order chi connectivity index (χ1) is 6.53. The molecule has 1 aliphatic heterocycles. The molecule has 14 heavy (non-hydrogen) atoms. The standard InChI is InChI=1S/C11H25N3/c1-11(2,9-12)13-8-10-4-6-14(3)7-5-10/h10,13H,4-9,12H2,1-3H3. The summed E-state index contributed by atoms with van der Waals surface area (Å²) in [7, 11) is 2.20. The van der Waals surface area contributed by atoms with Gasteiger partial charge in [-0.3, -0.25) is 0 Å². The van der Waals surface area contributed by atoms with Crippen LogP contribution in [-0.2, 0) is 0 Å². The number of hydrogen-bond acceptors (Lipinski definition) is 3. The molecular weight excluding hydrogens is 174 g/mol. The quantitative estimate of drug-likeness (QED) is 0.699. The SMILES string of the molecule is CN1CCC(CNC(C)(C)CN)CC1. The predicted octanol–water partition coefficient (Wildman–Crippen LogP) is 0.655. The van der Waals surface area contributed by atoms with Gasteiger partial charge in [0.05, 0.1) is 0 Å². The molecule has 1 aliphatic rings. The molecule has 0 bridgehead atoms. The molecule has 3 N–H and O–H groups in total. The second-order valence-electron chi connectivity index (χ2n) is 5.22. The van der Waals surface area contributed by atoms with Gasteiger partial charge in [0.2, 0.25) is 0 Å². The number of nitrogens with two attached hydrogens (primary N) is 1. The third-order valence-electron chi connectivity index (χ3n) is 3.22. The molecule has 3 heteroatoms. The smallest absolute Gasteiger partial charge is 0.0247 e. The predicted molar refractivity (Wildman–Crippen MR) is 61.4 cm³/mol. The maximum Gasteiger partial charge on any atom is 0.0247 e. The van der Waals surface area contributed by atoms with E-state index in [2.05, 4.69) is 31.1 Å². The molecule has 0 aromatic heterocycles. The summed E-state index contributed by atoms with van der Waals surface area (Å²) in [6, 6.07) is 0. The molecule has 1 fully saturated rings. The Kier molecular flexibility index (Phi) is 4.35. The van der Waals surface area contributed by atoms with Crippen molar-refractivity contribution < 1.29 is 0 Å². The first-order valence-corrected chi connectivity index (χ1v) is 5.67. The second kappa shape index (κ2) is 5.10. The normalized spacial score (nSPS) is 21.4. The van der Waals surface area contributed by atoms with E-state index in [4.69, 9.17) is 5.73 Å². The van der Waals surface area contributed by atoms with Crippen LogP contribution in [0.4, 0.5) is 0 Å². The minimum absolute atomic E-state index is 0.101. The van der Waals surface area contributed by atoms with Gasteiger partial charge < -0.3 is 16.0 Å². The summed E-state index contributed by atoms with van der Waals surface area (Å²) in [6.07, 6.45) is 2.65. The average molecular weight is 199 g/mol. The molecule has 0 aliphatic carbocycles. The maximum atomic E-state index is 5.67. The van der Waals surface area contributed by atoms with Crippen molar-refractivity contribution in [2.75, 3.05) is 33.2 Å². The number of hydrogen-bond donors (Lipinski definition) is 2. The summed E-state index contributed by atoms with van der Waals surface area (Å²) >= 11 is 0. The molecule has 0 amide bonds. The third kappa shape index (κ3) is 3.95. The van der Waals surface area contributed by atoms with Crippen molar-refractivity contribution >= 4 is 0 Å². The molecule has 84 valence electrons. The van der Waals surface area contributed by atoms with Crippen molar-refractivity contribution in [3.63, 3.8) is 0 Å². The Labute approximate surface area is 88.0 Å². The summed E-state index contributed by atoms with van der Waals surface area (Å²) in [6.45, 7) is 8.66. The molecule has 0 aromatic rings. The Morgan fingerprint density at radius 2 is 1.93 bits per heavy atom. The molecular formula is C11H25N3. The highest BCUT2D eigenvalue weighted by Gasteiger charge is 2.20. The summed E-state index contributed by atoms with van der Waals surface area (Å²) < 4.78 is 0. The van der Waals surface area contributed by atoms with Crippen molar-refractivity contribution in [1.29, 1.82) is 0 Å². The third-order valence-corrected chi connectivity index (χ3v) is 3.22. The van der Waals surface area contributed by atoms with Gasteiger partial charge in [-0.1, -0.05) is 0 Å². The monoisotopic (exact) mass is 199 g/mol. The Morgan fingerprint density at radius 3 is 2.43 bits per heavy atom. The lowest BCUT2D eigenvalue weighted by atomic mass is 9.95. The first-order valence-electron chi connectivity index (χ1n) is 5.67. The molecule has 1 rings (SSSR count).